The minimum Gasteiger partial charge on any atom is -0.458 e. The van der Waals surface area contributed by atoms with E-state index in [2.05, 4.69) is 24.3 Å². The number of nitrogens with zero attached hydrogens (tertiary/aromatic N) is 1. The zero-order chi connectivity index (χ0) is 26.3. The van der Waals surface area contributed by atoms with E-state index >= 15 is 0 Å². The van der Waals surface area contributed by atoms with Crippen molar-refractivity contribution in [1.82, 2.24) is 4.57 Å². The minimum atomic E-state index is -0.806. The molecule has 196 valence electrons. The SMILES string of the molecule is CC[C@H]1O[C@@H](n2cc(Cc3ccc(C4CC4)cc3)c3c(Cl)cccc32)[C@H](OC(C)=O)[C@@H](OC(C)=O)[C@@H]1C. The fourth-order valence-electron chi connectivity index (χ4n) is 5.66. The topological polar surface area (TPSA) is 66.8 Å². The Bertz CT molecular complexity index is 1300. The summed E-state index contributed by atoms with van der Waals surface area (Å²) in [6, 6.07) is 14.6. The normalized spacial score (nSPS) is 25.7. The minimum absolute atomic E-state index is 0.149. The van der Waals surface area contributed by atoms with Gasteiger partial charge in [0, 0.05) is 31.3 Å². The molecule has 6 nitrogen and oxygen atoms in total. The van der Waals surface area contributed by atoms with Crippen molar-refractivity contribution in [2.24, 2.45) is 5.92 Å². The molecule has 7 heteroatoms. The van der Waals surface area contributed by atoms with Gasteiger partial charge in [0.15, 0.2) is 12.3 Å². The fourth-order valence-corrected chi connectivity index (χ4v) is 5.96. The summed E-state index contributed by atoms with van der Waals surface area (Å²) in [6.45, 7) is 6.74. The van der Waals surface area contributed by atoms with Crippen molar-refractivity contribution in [2.75, 3.05) is 0 Å². The highest BCUT2D eigenvalue weighted by atomic mass is 35.5. The lowest BCUT2D eigenvalue weighted by Crippen LogP contribution is -2.54. The Kier molecular flexibility index (Phi) is 7.32. The van der Waals surface area contributed by atoms with E-state index < -0.39 is 30.4 Å². The second-order valence-corrected chi connectivity index (χ2v) is 10.8. The first-order valence-electron chi connectivity index (χ1n) is 13.1. The lowest BCUT2D eigenvalue weighted by Gasteiger charge is -2.44. The average molecular weight is 524 g/mol. The number of hydrogen-bond acceptors (Lipinski definition) is 5. The van der Waals surface area contributed by atoms with E-state index in [1.807, 2.05) is 42.8 Å². The van der Waals surface area contributed by atoms with E-state index in [4.69, 9.17) is 25.8 Å². The van der Waals surface area contributed by atoms with Gasteiger partial charge in [0.05, 0.1) is 16.6 Å². The molecule has 1 saturated heterocycles. The molecule has 0 amide bonds. The van der Waals surface area contributed by atoms with Crippen LogP contribution in [0, 0.1) is 5.92 Å². The van der Waals surface area contributed by atoms with Crippen LogP contribution in [0.3, 0.4) is 0 Å². The smallest absolute Gasteiger partial charge is 0.303 e. The number of halogens is 1. The molecule has 3 aromatic rings. The first kappa shape index (κ1) is 25.8. The Labute approximate surface area is 222 Å². The average Bonchev–Trinajstić information content (AvgIpc) is 3.64. The van der Waals surface area contributed by atoms with E-state index in [0.29, 0.717) is 17.4 Å². The third-order valence-electron chi connectivity index (χ3n) is 7.61. The second kappa shape index (κ2) is 10.5. The van der Waals surface area contributed by atoms with Crippen LogP contribution in [0.2, 0.25) is 5.02 Å². The summed E-state index contributed by atoms with van der Waals surface area (Å²) < 4.78 is 20.1. The number of rotatable bonds is 7. The van der Waals surface area contributed by atoms with Gasteiger partial charge in [-0.1, -0.05) is 55.8 Å². The maximum atomic E-state index is 12.2. The molecule has 37 heavy (non-hydrogen) atoms. The predicted molar refractivity (Wildman–Crippen MR) is 143 cm³/mol. The Morgan fingerprint density at radius 1 is 1.03 bits per heavy atom. The van der Waals surface area contributed by atoms with Gasteiger partial charge in [-0.05, 0) is 60.4 Å². The molecule has 5 atom stereocenters. The van der Waals surface area contributed by atoms with Crippen molar-refractivity contribution in [1.29, 1.82) is 0 Å². The summed E-state index contributed by atoms with van der Waals surface area (Å²) in [6.07, 6.45) is 3.71. The van der Waals surface area contributed by atoms with Crippen molar-refractivity contribution < 1.29 is 23.8 Å². The van der Waals surface area contributed by atoms with E-state index in [9.17, 15) is 9.59 Å². The van der Waals surface area contributed by atoms with Gasteiger partial charge < -0.3 is 18.8 Å². The van der Waals surface area contributed by atoms with E-state index in [-0.39, 0.29) is 12.0 Å². The van der Waals surface area contributed by atoms with Crippen LogP contribution in [0.5, 0.6) is 0 Å². The molecule has 1 aromatic heterocycles. The van der Waals surface area contributed by atoms with Gasteiger partial charge in [0.1, 0.15) is 6.10 Å². The van der Waals surface area contributed by atoms with Gasteiger partial charge in [-0.15, -0.1) is 0 Å². The zero-order valence-corrected chi connectivity index (χ0v) is 22.5. The van der Waals surface area contributed by atoms with Crippen LogP contribution in [0.4, 0.5) is 0 Å². The van der Waals surface area contributed by atoms with Crippen molar-refractivity contribution in [3.63, 3.8) is 0 Å². The maximum Gasteiger partial charge on any atom is 0.303 e. The number of carbonyl (C=O) groups excluding carboxylic acids is 2. The quantitative estimate of drug-likeness (QED) is 0.328. The Morgan fingerprint density at radius 2 is 1.70 bits per heavy atom. The monoisotopic (exact) mass is 523 g/mol. The molecule has 1 aliphatic carbocycles. The number of ether oxygens (including phenoxy) is 3. The number of benzene rings is 2. The highest BCUT2D eigenvalue weighted by molar-refractivity contribution is 6.35. The molecule has 2 heterocycles. The van der Waals surface area contributed by atoms with Gasteiger partial charge in [-0.3, -0.25) is 9.59 Å². The van der Waals surface area contributed by atoms with E-state index in [0.717, 1.165) is 22.9 Å². The largest absolute Gasteiger partial charge is 0.458 e. The Balaban J connectivity index is 1.57. The lowest BCUT2D eigenvalue weighted by atomic mass is 9.88. The molecule has 5 rings (SSSR count). The molecule has 1 saturated carbocycles. The van der Waals surface area contributed by atoms with Crippen molar-refractivity contribution in [3.05, 3.63) is 70.4 Å². The van der Waals surface area contributed by atoms with Crippen molar-refractivity contribution >= 4 is 34.4 Å². The van der Waals surface area contributed by atoms with Crippen LogP contribution in [0.25, 0.3) is 10.9 Å². The Morgan fingerprint density at radius 3 is 2.32 bits per heavy atom. The van der Waals surface area contributed by atoms with Crippen LogP contribution < -0.4 is 0 Å². The molecule has 1 aliphatic heterocycles. The standard InChI is InChI=1S/C30H34ClNO5/c1-5-26-17(2)28(35-18(3)33)29(36-19(4)34)30(37-26)32-16-23(27-24(31)7-6-8-25(27)32)15-20-9-11-21(12-10-20)22-13-14-22/h6-12,16-17,22,26,28-30H,5,13-15H2,1-4H3/t17-,26-,28+,29-,30-/m1/s1. The summed E-state index contributed by atoms with van der Waals surface area (Å²) in [5.41, 5.74) is 4.54. The first-order valence-corrected chi connectivity index (χ1v) is 13.5. The number of carbonyl (C=O) groups is 2. The molecular weight excluding hydrogens is 490 g/mol. The highest BCUT2D eigenvalue weighted by Crippen LogP contribution is 2.42. The molecule has 0 N–H and O–H groups in total. The van der Waals surface area contributed by atoms with Crippen LogP contribution in [0.15, 0.2) is 48.7 Å². The molecule has 2 aromatic carbocycles. The number of esters is 2. The Hall–Kier alpha value is -2.83. The molecule has 0 bridgehead atoms. The van der Waals surface area contributed by atoms with Crippen LogP contribution in [-0.2, 0) is 30.2 Å². The molecule has 0 radical (unpaired) electrons. The van der Waals surface area contributed by atoms with Gasteiger partial charge >= 0.3 is 11.9 Å². The maximum absolute atomic E-state index is 12.2. The first-order chi connectivity index (χ1) is 17.8. The van der Waals surface area contributed by atoms with Crippen LogP contribution >= 0.6 is 11.6 Å². The van der Waals surface area contributed by atoms with Gasteiger partial charge in [-0.25, -0.2) is 0 Å². The van der Waals surface area contributed by atoms with Crippen LogP contribution in [-0.4, -0.2) is 34.8 Å². The molecular formula is C30H34ClNO5. The molecule has 2 aliphatic rings. The van der Waals surface area contributed by atoms with Gasteiger partial charge in [0.2, 0.25) is 0 Å². The summed E-state index contributed by atoms with van der Waals surface area (Å²) in [5.74, 6) is -0.306. The van der Waals surface area contributed by atoms with Crippen LogP contribution in [0.1, 0.15) is 75.8 Å². The number of hydrogen-bond donors (Lipinski definition) is 0. The fraction of sp³-hybridized carbons (Fsp3) is 0.467. The number of fused-ring (bicyclic) bond motifs is 1. The van der Waals surface area contributed by atoms with E-state index in [1.165, 1.54) is 37.8 Å². The van der Waals surface area contributed by atoms with E-state index in [1.54, 1.807) is 0 Å². The van der Waals surface area contributed by atoms with Gasteiger partial charge in [0.25, 0.3) is 0 Å². The summed E-state index contributed by atoms with van der Waals surface area (Å²) in [5, 5.41) is 1.59. The summed E-state index contributed by atoms with van der Waals surface area (Å²) in [4.78, 5) is 24.2. The third-order valence-corrected chi connectivity index (χ3v) is 7.93. The predicted octanol–water partition coefficient (Wildman–Crippen LogP) is 6.57. The summed E-state index contributed by atoms with van der Waals surface area (Å²) in [7, 11) is 0. The van der Waals surface area contributed by atoms with Crippen molar-refractivity contribution in [3.8, 4) is 0 Å². The highest BCUT2D eigenvalue weighted by Gasteiger charge is 2.48. The molecule has 0 unspecified atom stereocenters. The van der Waals surface area contributed by atoms with Crippen molar-refractivity contribution in [2.45, 2.75) is 83.8 Å². The lowest BCUT2D eigenvalue weighted by molar-refractivity contribution is -0.241. The number of aromatic nitrogens is 1. The third kappa shape index (κ3) is 5.27. The zero-order valence-electron chi connectivity index (χ0n) is 21.8. The second-order valence-electron chi connectivity index (χ2n) is 10.4. The molecule has 0 spiro atoms. The molecule has 2 fully saturated rings. The summed E-state index contributed by atoms with van der Waals surface area (Å²) >= 11 is 6.74. The van der Waals surface area contributed by atoms with Gasteiger partial charge in [-0.2, -0.15) is 0 Å².